The van der Waals surface area contributed by atoms with Gasteiger partial charge in [-0.05, 0) is 24.5 Å². The van der Waals surface area contributed by atoms with E-state index < -0.39 is 0 Å². The maximum atomic E-state index is 5.92. The van der Waals surface area contributed by atoms with Gasteiger partial charge in [0.2, 0.25) is 5.78 Å². The predicted molar refractivity (Wildman–Crippen MR) is 78.2 cm³/mol. The summed E-state index contributed by atoms with van der Waals surface area (Å²) in [5.41, 5.74) is 9.17. The van der Waals surface area contributed by atoms with Crippen LogP contribution < -0.4 is 5.73 Å². The number of nitrogens with two attached hydrogens (primary N) is 1. The second-order valence-electron chi connectivity index (χ2n) is 5.03. The van der Waals surface area contributed by atoms with Crippen molar-refractivity contribution in [2.75, 3.05) is 5.73 Å². The Bertz CT molecular complexity index is 729. The minimum absolute atomic E-state index is 0.440. The Kier molecular flexibility index (Phi) is 2.85. The standard InChI is InChI=1S/C15H18N4/c1-3-6-10(2)13-9-14(16)18-15-17-11-7-4-5-8-12(11)19(13)15/h4-5,7-10H,3,6H2,1-2H3,(H2,16,17,18). The predicted octanol–water partition coefficient (Wildman–Crippen LogP) is 3.37. The van der Waals surface area contributed by atoms with Crippen LogP contribution in [0.15, 0.2) is 30.3 Å². The summed E-state index contributed by atoms with van der Waals surface area (Å²) in [6.07, 6.45) is 2.28. The Morgan fingerprint density at radius 3 is 2.84 bits per heavy atom. The normalized spacial score (nSPS) is 13.2. The van der Waals surface area contributed by atoms with Crippen LogP contribution in [0, 0.1) is 0 Å². The molecule has 0 bridgehead atoms. The summed E-state index contributed by atoms with van der Waals surface area (Å²) in [4.78, 5) is 8.90. The summed E-state index contributed by atoms with van der Waals surface area (Å²) in [6.45, 7) is 4.43. The number of fused-ring (bicyclic) bond motifs is 3. The van der Waals surface area contributed by atoms with Crippen LogP contribution in [0.3, 0.4) is 0 Å². The van der Waals surface area contributed by atoms with Crippen LogP contribution in [-0.4, -0.2) is 14.4 Å². The summed E-state index contributed by atoms with van der Waals surface area (Å²) in [5.74, 6) is 1.68. The highest BCUT2D eigenvalue weighted by atomic mass is 15.1. The number of aromatic nitrogens is 3. The van der Waals surface area contributed by atoms with Crippen molar-refractivity contribution in [3.05, 3.63) is 36.0 Å². The van der Waals surface area contributed by atoms with E-state index >= 15 is 0 Å². The molecule has 0 amide bonds. The molecule has 0 spiro atoms. The van der Waals surface area contributed by atoms with E-state index in [9.17, 15) is 0 Å². The number of anilines is 1. The number of para-hydroxylation sites is 2. The first-order valence-corrected chi connectivity index (χ1v) is 6.74. The van der Waals surface area contributed by atoms with Gasteiger partial charge in [-0.1, -0.05) is 32.4 Å². The van der Waals surface area contributed by atoms with Crippen LogP contribution >= 0.6 is 0 Å². The minimum Gasteiger partial charge on any atom is -0.384 e. The Balaban J connectivity index is 2.35. The van der Waals surface area contributed by atoms with Gasteiger partial charge in [-0.15, -0.1) is 0 Å². The summed E-state index contributed by atoms with van der Waals surface area (Å²) in [7, 11) is 0. The molecule has 0 saturated heterocycles. The highest BCUT2D eigenvalue weighted by Gasteiger charge is 2.14. The van der Waals surface area contributed by atoms with Crippen molar-refractivity contribution in [2.24, 2.45) is 0 Å². The molecule has 0 fully saturated rings. The molecule has 3 rings (SSSR count). The van der Waals surface area contributed by atoms with Gasteiger partial charge in [-0.25, -0.2) is 4.98 Å². The molecule has 2 heterocycles. The summed E-state index contributed by atoms with van der Waals surface area (Å²) in [6, 6.07) is 10.1. The second-order valence-corrected chi connectivity index (χ2v) is 5.03. The molecule has 2 N–H and O–H groups in total. The summed E-state index contributed by atoms with van der Waals surface area (Å²) < 4.78 is 2.13. The third-order valence-corrected chi connectivity index (χ3v) is 3.55. The first kappa shape index (κ1) is 12.0. The van der Waals surface area contributed by atoms with Gasteiger partial charge in [0.05, 0.1) is 11.0 Å². The third kappa shape index (κ3) is 1.93. The van der Waals surface area contributed by atoms with Crippen LogP contribution in [0.4, 0.5) is 5.82 Å². The zero-order valence-corrected chi connectivity index (χ0v) is 11.3. The minimum atomic E-state index is 0.440. The van der Waals surface area contributed by atoms with E-state index in [1.165, 1.54) is 5.69 Å². The van der Waals surface area contributed by atoms with Gasteiger partial charge < -0.3 is 5.73 Å². The molecule has 0 aliphatic heterocycles. The molecule has 1 unspecified atom stereocenters. The zero-order valence-electron chi connectivity index (χ0n) is 11.3. The SMILES string of the molecule is CCCC(C)c1cc(N)nc2nc3ccccc3n12. The van der Waals surface area contributed by atoms with E-state index in [0.717, 1.165) is 23.9 Å². The Morgan fingerprint density at radius 1 is 1.26 bits per heavy atom. The average molecular weight is 254 g/mol. The molecular weight excluding hydrogens is 236 g/mol. The molecule has 0 saturated carbocycles. The highest BCUT2D eigenvalue weighted by molar-refractivity contribution is 5.80. The fraction of sp³-hybridized carbons (Fsp3) is 0.333. The molecule has 3 aromatic rings. The van der Waals surface area contributed by atoms with Crippen LogP contribution in [-0.2, 0) is 0 Å². The fourth-order valence-corrected chi connectivity index (χ4v) is 2.65. The maximum absolute atomic E-state index is 5.92. The van der Waals surface area contributed by atoms with Gasteiger partial charge >= 0.3 is 0 Å². The smallest absolute Gasteiger partial charge is 0.237 e. The number of hydrogen-bond acceptors (Lipinski definition) is 3. The number of imidazole rings is 1. The first-order valence-electron chi connectivity index (χ1n) is 6.74. The zero-order chi connectivity index (χ0) is 13.4. The van der Waals surface area contributed by atoms with Crippen molar-refractivity contribution in [3.8, 4) is 0 Å². The molecule has 4 heteroatoms. The Hall–Kier alpha value is -2.10. The molecule has 1 atom stereocenters. The van der Waals surface area contributed by atoms with Crippen LogP contribution in [0.25, 0.3) is 16.8 Å². The maximum Gasteiger partial charge on any atom is 0.237 e. The highest BCUT2D eigenvalue weighted by Crippen LogP contribution is 2.26. The van der Waals surface area contributed by atoms with E-state index in [1.807, 2.05) is 24.3 Å². The number of hydrogen-bond donors (Lipinski definition) is 1. The Labute approximate surface area is 112 Å². The molecule has 19 heavy (non-hydrogen) atoms. The fourth-order valence-electron chi connectivity index (χ4n) is 2.65. The molecule has 0 aliphatic rings. The number of nitrogens with zero attached hydrogens (tertiary/aromatic N) is 3. The van der Waals surface area contributed by atoms with Gasteiger partial charge in [0.25, 0.3) is 0 Å². The van der Waals surface area contributed by atoms with Crippen molar-refractivity contribution < 1.29 is 0 Å². The number of nitrogen functional groups attached to an aromatic ring is 1. The van der Waals surface area contributed by atoms with E-state index in [1.54, 1.807) is 0 Å². The molecule has 4 nitrogen and oxygen atoms in total. The molecular formula is C15H18N4. The lowest BCUT2D eigenvalue weighted by Gasteiger charge is -2.14. The van der Waals surface area contributed by atoms with Gasteiger partial charge in [0.1, 0.15) is 5.82 Å². The topological polar surface area (TPSA) is 56.2 Å². The molecule has 1 aromatic carbocycles. The van der Waals surface area contributed by atoms with Crippen LogP contribution in [0.1, 0.15) is 38.3 Å². The second kappa shape index (κ2) is 4.53. The summed E-state index contributed by atoms with van der Waals surface area (Å²) >= 11 is 0. The van der Waals surface area contributed by atoms with Crippen molar-refractivity contribution >= 4 is 22.6 Å². The van der Waals surface area contributed by atoms with Gasteiger partial charge in [0, 0.05) is 11.8 Å². The number of benzene rings is 1. The van der Waals surface area contributed by atoms with Gasteiger partial charge in [-0.2, -0.15) is 4.98 Å². The molecule has 0 radical (unpaired) electrons. The quantitative estimate of drug-likeness (QED) is 0.779. The van der Waals surface area contributed by atoms with Crippen LogP contribution in [0.2, 0.25) is 0 Å². The average Bonchev–Trinajstić information content (AvgIpc) is 2.75. The van der Waals surface area contributed by atoms with Crippen LogP contribution in [0.5, 0.6) is 0 Å². The molecule has 98 valence electrons. The lowest BCUT2D eigenvalue weighted by Crippen LogP contribution is -2.06. The number of rotatable bonds is 3. The van der Waals surface area contributed by atoms with E-state index in [-0.39, 0.29) is 0 Å². The van der Waals surface area contributed by atoms with Gasteiger partial charge in [-0.3, -0.25) is 4.40 Å². The monoisotopic (exact) mass is 254 g/mol. The lowest BCUT2D eigenvalue weighted by molar-refractivity contribution is 0.641. The third-order valence-electron chi connectivity index (χ3n) is 3.55. The van der Waals surface area contributed by atoms with Crippen molar-refractivity contribution in [1.29, 1.82) is 0 Å². The lowest BCUT2D eigenvalue weighted by atomic mass is 10.0. The molecule has 0 aliphatic carbocycles. The van der Waals surface area contributed by atoms with E-state index in [0.29, 0.717) is 17.5 Å². The van der Waals surface area contributed by atoms with Gasteiger partial charge in [0.15, 0.2) is 0 Å². The molecule has 2 aromatic heterocycles. The first-order chi connectivity index (χ1) is 9.20. The summed E-state index contributed by atoms with van der Waals surface area (Å²) in [5, 5.41) is 0. The van der Waals surface area contributed by atoms with Crippen molar-refractivity contribution in [2.45, 2.75) is 32.6 Å². The van der Waals surface area contributed by atoms with E-state index in [4.69, 9.17) is 5.73 Å². The van der Waals surface area contributed by atoms with Crippen molar-refractivity contribution in [3.63, 3.8) is 0 Å². The van der Waals surface area contributed by atoms with Crippen molar-refractivity contribution in [1.82, 2.24) is 14.4 Å². The Morgan fingerprint density at radius 2 is 2.05 bits per heavy atom. The van der Waals surface area contributed by atoms with E-state index in [2.05, 4.69) is 34.3 Å². The largest absolute Gasteiger partial charge is 0.384 e.